The largest absolute Gasteiger partial charge is 0.311 e. The molecule has 0 unspecified atom stereocenters. The van der Waals surface area contributed by atoms with Crippen LogP contribution in [0.25, 0.3) is 45.5 Å². The lowest BCUT2D eigenvalue weighted by molar-refractivity contribution is 0.628. The van der Waals surface area contributed by atoms with Crippen molar-refractivity contribution in [1.29, 1.82) is 0 Å². The maximum atomic E-state index is 14.3. The van der Waals surface area contributed by atoms with Crippen LogP contribution < -0.4 is 26.2 Å². The third-order valence-electron chi connectivity index (χ3n) is 11.3. The Morgan fingerprint density at radius 3 is 1.16 bits per heavy atom. The Bertz CT molecular complexity index is 2600. The first-order valence-electron chi connectivity index (χ1n) is 19.0. The summed E-state index contributed by atoms with van der Waals surface area (Å²) < 4.78 is 14.3. The van der Waals surface area contributed by atoms with E-state index in [0.717, 1.165) is 78.6 Å². The second-order valence-electron chi connectivity index (χ2n) is 14.4. The van der Waals surface area contributed by atoms with Gasteiger partial charge in [0.1, 0.15) is 5.82 Å². The molecule has 0 atom stereocenters. The third kappa shape index (κ3) is 5.58. The molecule has 264 valence electrons. The average molecular weight is 719 g/mol. The highest BCUT2D eigenvalue weighted by Crippen LogP contribution is 2.46. The third-order valence-corrected chi connectivity index (χ3v) is 11.3. The van der Waals surface area contributed by atoms with Gasteiger partial charge in [-0.15, -0.1) is 0 Å². The lowest BCUT2D eigenvalue weighted by Crippen LogP contribution is -2.61. The molecule has 2 aliphatic heterocycles. The number of para-hydroxylation sites is 2. The van der Waals surface area contributed by atoms with Gasteiger partial charge in [-0.2, -0.15) is 0 Å². The van der Waals surface area contributed by atoms with Crippen molar-refractivity contribution in [2.75, 3.05) is 9.80 Å². The molecule has 0 bridgehead atoms. The van der Waals surface area contributed by atoms with Crippen LogP contribution in [0.1, 0.15) is 11.1 Å². The van der Waals surface area contributed by atoms with Gasteiger partial charge in [-0.25, -0.2) is 4.39 Å². The van der Waals surface area contributed by atoms with Crippen LogP contribution in [0.5, 0.6) is 0 Å². The maximum absolute atomic E-state index is 14.3. The number of hydrogen-bond donors (Lipinski definition) is 0. The van der Waals surface area contributed by atoms with Gasteiger partial charge in [0.2, 0.25) is 0 Å². The molecule has 0 spiro atoms. The van der Waals surface area contributed by atoms with E-state index in [0.29, 0.717) is 0 Å². The van der Waals surface area contributed by atoms with Gasteiger partial charge in [0.25, 0.3) is 6.71 Å². The Labute approximate surface area is 327 Å². The second-order valence-corrected chi connectivity index (χ2v) is 14.4. The number of benzene rings is 8. The molecule has 2 aliphatic rings. The summed E-state index contributed by atoms with van der Waals surface area (Å²) in [6, 6.07) is 63.7. The van der Waals surface area contributed by atoms with Gasteiger partial charge in [-0.3, -0.25) is 0 Å². The highest BCUT2D eigenvalue weighted by Gasteiger charge is 2.43. The van der Waals surface area contributed by atoms with E-state index in [9.17, 15) is 4.39 Å². The zero-order valence-corrected chi connectivity index (χ0v) is 30.7. The smallest absolute Gasteiger partial charge is 0.252 e. The first-order valence-corrected chi connectivity index (χ1v) is 19.0. The number of halogens is 1. The summed E-state index contributed by atoms with van der Waals surface area (Å²) in [5.74, 6) is -0.252. The molecule has 0 aliphatic carbocycles. The summed E-state index contributed by atoms with van der Waals surface area (Å²) in [5, 5.41) is 0. The van der Waals surface area contributed by atoms with Crippen molar-refractivity contribution in [3.63, 3.8) is 0 Å². The van der Waals surface area contributed by atoms with Crippen LogP contribution in [0.2, 0.25) is 0 Å². The SMILES string of the molecule is C=Cc1ccc(-c2ccc(N3c4ccccc4B4c5ccccc5N(c5ccc(-c6ccc(C=C)cc6)cc5)c5cc(-c6ccc(F)cc6)cc3c54)cc2)cc1. The van der Waals surface area contributed by atoms with Crippen LogP contribution in [0.15, 0.2) is 195 Å². The Hall–Kier alpha value is -7.17. The van der Waals surface area contributed by atoms with Crippen molar-refractivity contribution in [3.8, 4) is 33.4 Å². The molecule has 0 saturated carbocycles. The summed E-state index contributed by atoms with van der Waals surface area (Å²) in [4.78, 5) is 4.81. The van der Waals surface area contributed by atoms with Crippen molar-refractivity contribution in [2.45, 2.75) is 0 Å². The average Bonchev–Trinajstić information content (AvgIpc) is 3.26. The lowest BCUT2D eigenvalue weighted by Gasteiger charge is -2.44. The van der Waals surface area contributed by atoms with Crippen LogP contribution in [-0.2, 0) is 0 Å². The van der Waals surface area contributed by atoms with Gasteiger partial charge in [0, 0.05) is 34.1 Å². The van der Waals surface area contributed by atoms with Crippen molar-refractivity contribution in [1.82, 2.24) is 0 Å². The number of fused-ring (bicyclic) bond motifs is 4. The Morgan fingerprint density at radius 1 is 0.393 bits per heavy atom. The van der Waals surface area contributed by atoms with E-state index >= 15 is 0 Å². The Balaban J connectivity index is 1.18. The van der Waals surface area contributed by atoms with Gasteiger partial charge >= 0.3 is 0 Å². The van der Waals surface area contributed by atoms with Crippen molar-refractivity contribution in [3.05, 3.63) is 212 Å². The fourth-order valence-corrected chi connectivity index (χ4v) is 8.49. The predicted octanol–water partition coefficient (Wildman–Crippen LogP) is 12.2. The summed E-state index contributed by atoms with van der Waals surface area (Å²) >= 11 is 0. The van der Waals surface area contributed by atoms with Crippen molar-refractivity contribution >= 4 is 69.4 Å². The zero-order valence-electron chi connectivity index (χ0n) is 30.7. The van der Waals surface area contributed by atoms with E-state index in [-0.39, 0.29) is 12.5 Å². The Kier molecular flexibility index (Phi) is 8.11. The zero-order chi connectivity index (χ0) is 37.8. The van der Waals surface area contributed by atoms with Crippen LogP contribution in [-0.4, -0.2) is 6.71 Å². The fraction of sp³-hybridized carbons (Fsp3) is 0. The molecule has 0 fully saturated rings. The minimum atomic E-state index is -0.252. The molecule has 0 radical (unpaired) electrons. The molecule has 0 N–H and O–H groups in total. The molecule has 8 aromatic rings. The number of nitrogens with zero attached hydrogens (tertiary/aromatic N) is 2. The van der Waals surface area contributed by atoms with Crippen molar-refractivity contribution in [2.24, 2.45) is 0 Å². The van der Waals surface area contributed by atoms with E-state index in [1.165, 1.54) is 16.4 Å². The summed E-state index contributed by atoms with van der Waals surface area (Å²) in [6.07, 6.45) is 3.74. The molecule has 56 heavy (non-hydrogen) atoms. The topological polar surface area (TPSA) is 6.48 Å². The maximum Gasteiger partial charge on any atom is 0.252 e. The highest BCUT2D eigenvalue weighted by molar-refractivity contribution is 7.00. The number of hydrogen-bond acceptors (Lipinski definition) is 2. The second kappa shape index (κ2) is 13.6. The molecule has 2 heterocycles. The van der Waals surface area contributed by atoms with Crippen molar-refractivity contribution < 1.29 is 4.39 Å². The summed E-state index contributed by atoms with van der Waals surface area (Å²) in [6.45, 7) is 7.83. The number of anilines is 6. The Morgan fingerprint density at radius 2 is 0.750 bits per heavy atom. The van der Waals surface area contributed by atoms with E-state index in [1.54, 1.807) is 12.1 Å². The molecule has 8 aromatic carbocycles. The molecule has 2 nitrogen and oxygen atoms in total. The van der Waals surface area contributed by atoms with Crippen LogP contribution >= 0.6 is 0 Å². The van der Waals surface area contributed by atoms with Gasteiger partial charge < -0.3 is 9.80 Å². The van der Waals surface area contributed by atoms with Gasteiger partial charge in [-0.05, 0) is 122 Å². The first kappa shape index (κ1) is 33.4. The van der Waals surface area contributed by atoms with E-state index in [1.807, 2.05) is 24.3 Å². The standard InChI is InChI=1S/C52H36BFN2/c1-3-35-13-17-37(18-14-35)39-23-29-44(30-24-39)55-48-11-7-5-9-46(48)53-47-10-6-8-12-49(47)56(45-31-25-40(26-32-45)38-19-15-36(4-2)16-20-38)51-34-42(33-50(55)52(51)53)41-21-27-43(54)28-22-41/h3-34H,1-2H2. The molecular formula is C52H36BFN2. The van der Waals surface area contributed by atoms with E-state index in [4.69, 9.17) is 0 Å². The lowest BCUT2D eigenvalue weighted by atomic mass is 9.33. The predicted molar refractivity (Wildman–Crippen MR) is 237 cm³/mol. The minimum absolute atomic E-state index is 0.00691. The monoisotopic (exact) mass is 718 g/mol. The fourth-order valence-electron chi connectivity index (χ4n) is 8.49. The molecule has 0 aromatic heterocycles. The highest BCUT2D eigenvalue weighted by atomic mass is 19.1. The first-order chi connectivity index (χ1) is 27.6. The quantitative estimate of drug-likeness (QED) is 0.151. The molecule has 0 saturated heterocycles. The van der Waals surface area contributed by atoms with Gasteiger partial charge in [-0.1, -0.05) is 147 Å². The van der Waals surface area contributed by atoms with Gasteiger partial charge in [0.05, 0.1) is 0 Å². The summed E-state index contributed by atoms with van der Waals surface area (Å²) in [5.41, 5.74) is 19.2. The molecule has 4 heteroatoms. The van der Waals surface area contributed by atoms with E-state index in [2.05, 4.69) is 181 Å². The normalized spacial score (nSPS) is 12.4. The van der Waals surface area contributed by atoms with Crippen LogP contribution in [0, 0.1) is 5.82 Å². The summed E-state index contributed by atoms with van der Waals surface area (Å²) in [7, 11) is 0. The van der Waals surface area contributed by atoms with E-state index < -0.39 is 0 Å². The molecular weight excluding hydrogens is 682 g/mol. The number of rotatable bonds is 7. The van der Waals surface area contributed by atoms with Crippen LogP contribution in [0.4, 0.5) is 38.5 Å². The molecule has 0 amide bonds. The van der Waals surface area contributed by atoms with Gasteiger partial charge in [0.15, 0.2) is 0 Å². The van der Waals surface area contributed by atoms with Crippen LogP contribution in [0.3, 0.4) is 0 Å². The minimum Gasteiger partial charge on any atom is -0.311 e. The molecule has 10 rings (SSSR count).